The van der Waals surface area contributed by atoms with Crippen molar-refractivity contribution in [3.05, 3.63) is 48.3 Å². The Hall–Kier alpha value is -2.89. The van der Waals surface area contributed by atoms with Crippen molar-refractivity contribution in [2.45, 2.75) is 19.8 Å². The van der Waals surface area contributed by atoms with E-state index in [1.165, 1.54) is 0 Å². The summed E-state index contributed by atoms with van der Waals surface area (Å²) in [5, 5.41) is 8.84. The van der Waals surface area contributed by atoms with E-state index in [0.29, 0.717) is 17.2 Å². The third-order valence-electron chi connectivity index (χ3n) is 3.72. The molecule has 0 unspecified atom stereocenters. The van der Waals surface area contributed by atoms with Gasteiger partial charge in [-0.05, 0) is 30.2 Å². The van der Waals surface area contributed by atoms with Crippen molar-refractivity contribution < 1.29 is 9.47 Å². The number of methoxy groups -OCH3 is 2. The van der Waals surface area contributed by atoms with Gasteiger partial charge in [0.1, 0.15) is 22.8 Å². The van der Waals surface area contributed by atoms with Crippen LogP contribution in [0.4, 0.5) is 11.5 Å². The molecule has 24 heavy (non-hydrogen) atoms. The number of benzene rings is 1. The van der Waals surface area contributed by atoms with Gasteiger partial charge >= 0.3 is 0 Å². The lowest BCUT2D eigenvalue weighted by Gasteiger charge is -2.06. The van der Waals surface area contributed by atoms with Crippen LogP contribution in [0.2, 0.25) is 0 Å². The molecule has 0 bridgehead atoms. The molecule has 0 spiro atoms. The molecule has 0 saturated heterocycles. The van der Waals surface area contributed by atoms with Crippen molar-refractivity contribution in [1.82, 2.24) is 9.38 Å². The molecule has 124 valence electrons. The normalized spacial score (nSPS) is 11.5. The molecule has 6 heteroatoms. The predicted octanol–water partition coefficient (Wildman–Crippen LogP) is 4.89. The van der Waals surface area contributed by atoms with Crippen LogP contribution in [0.5, 0.6) is 11.5 Å². The number of rotatable bonds is 5. The van der Waals surface area contributed by atoms with E-state index in [4.69, 9.17) is 9.47 Å². The van der Waals surface area contributed by atoms with Crippen LogP contribution in [-0.2, 0) is 0 Å². The van der Waals surface area contributed by atoms with Crippen LogP contribution in [0, 0.1) is 0 Å². The molecule has 0 aliphatic carbocycles. The molecule has 3 rings (SSSR count). The summed E-state index contributed by atoms with van der Waals surface area (Å²) in [5.41, 5.74) is 2.37. The fraction of sp³-hybridized carbons (Fsp3) is 0.278. The molecule has 0 saturated carbocycles. The molecular formula is C18H20N4O2. The van der Waals surface area contributed by atoms with Crippen molar-refractivity contribution >= 4 is 17.2 Å². The minimum Gasteiger partial charge on any atom is -0.497 e. The highest BCUT2D eigenvalue weighted by Crippen LogP contribution is 2.34. The van der Waals surface area contributed by atoms with Gasteiger partial charge in [-0.1, -0.05) is 19.9 Å². The van der Waals surface area contributed by atoms with Crippen LogP contribution in [0.1, 0.15) is 25.5 Å². The topological polar surface area (TPSA) is 60.5 Å². The maximum absolute atomic E-state index is 5.35. The lowest BCUT2D eigenvalue weighted by molar-refractivity contribution is 0.404. The van der Waals surface area contributed by atoms with E-state index in [2.05, 4.69) is 29.1 Å². The summed E-state index contributed by atoms with van der Waals surface area (Å²) in [6.07, 6.45) is 1.94. The molecule has 0 fully saturated rings. The predicted molar refractivity (Wildman–Crippen MR) is 93.0 cm³/mol. The van der Waals surface area contributed by atoms with Gasteiger partial charge in [0.05, 0.1) is 19.9 Å². The van der Waals surface area contributed by atoms with Crippen molar-refractivity contribution in [3.63, 3.8) is 0 Å². The van der Waals surface area contributed by atoms with Crippen molar-refractivity contribution in [3.8, 4) is 11.5 Å². The molecule has 0 radical (unpaired) electrons. The summed E-state index contributed by atoms with van der Waals surface area (Å²) in [7, 11) is 3.22. The van der Waals surface area contributed by atoms with E-state index in [-0.39, 0.29) is 5.92 Å². The standard InChI is InChI=1S/C18H20N4O2/c1-12(2)17-18(22-10-6-5-7-16(22)19-17)21-20-14-11-13(23-3)8-9-15(14)24-4/h5-12H,1-4H3. The zero-order valence-electron chi connectivity index (χ0n) is 14.2. The van der Waals surface area contributed by atoms with Crippen LogP contribution in [0.15, 0.2) is 52.8 Å². The summed E-state index contributed by atoms with van der Waals surface area (Å²) in [5.74, 6) is 2.31. The van der Waals surface area contributed by atoms with E-state index in [1.54, 1.807) is 20.3 Å². The Morgan fingerprint density at radius 1 is 1.04 bits per heavy atom. The van der Waals surface area contributed by atoms with Gasteiger partial charge in [0.15, 0.2) is 5.82 Å². The quantitative estimate of drug-likeness (QED) is 0.628. The van der Waals surface area contributed by atoms with Crippen LogP contribution in [-0.4, -0.2) is 23.6 Å². The maximum atomic E-state index is 5.35. The number of hydrogen-bond donors (Lipinski definition) is 0. The van der Waals surface area contributed by atoms with Gasteiger partial charge in [0, 0.05) is 12.3 Å². The molecule has 3 aromatic rings. The Bertz CT molecular complexity index is 884. The molecule has 0 N–H and O–H groups in total. The van der Waals surface area contributed by atoms with E-state index in [1.807, 2.05) is 40.9 Å². The van der Waals surface area contributed by atoms with Crippen LogP contribution >= 0.6 is 0 Å². The first-order chi connectivity index (χ1) is 11.6. The van der Waals surface area contributed by atoms with E-state index in [0.717, 1.165) is 17.2 Å². The third kappa shape index (κ3) is 2.95. The van der Waals surface area contributed by atoms with Crippen LogP contribution < -0.4 is 9.47 Å². The summed E-state index contributed by atoms with van der Waals surface area (Å²) < 4.78 is 12.5. The molecular weight excluding hydrogens is 304 g/mol. The number of pyridine rings is 1. The third-order valence-corrected chi connectivity index (χ3v) is 3.72. The number of azo groups is 1. The second-order valence-electron chi connectivity index (χ2n) is 5.64. The van der Waals surface area contributed by atoms with Crippen molar-refractivity contribution in [1.29, 1.82) is 0 Å². The molecule has 0 aliphatic rings. The van der Waals surface area contributed by atoms with E-state index >= 15 is 0 Å². The molecule has 1 aromatic carbocycles. The second-order valence-corrected chi connectivity index (χ2v) is 5.64. The zero-order chi connectivity index (χ0) is 17.1. The average Bonchev–Trinajstić information content (AvgIpc) is 2.98. The number of ether oxygens (including phenoxy) is 2. The molecule has 2 heterocycles. The summed E-state index contributed by atoms with van der Waals surface area (Å²) >= 11 is 0. The zero-order valence-corrected chi connectivity index (χ0v) is 14.2. The van der Waals surface area contributed by atoms with E-state index < -0.39 is 0 Å². The highest BCUT2D eigenvalue weighted by molar-refractivity contribution is 5.57. The minimum atomic E-state index is 0.242. The molecule has 0 aliphatic heterocycles. The summed E-state index contributed by atoms with van der Waals surface area (Å²) in [6, 6.07) is 11.3. The van der Waals surface area contributed by atoms with Crippen LogP contribution in [0.3, 0.4) is 0 Å². The minimum absolute atomic E-state index is 0.242. The number of aromatic nitrogens is 2. The lowest BCUT2D eigenvalue weighted by atomic mass is 10.1. The van der Waals surface area contributed by atoms with Crippen molar-refractivity contribution in [2.75, 3.05) is 14.2 Å². The smallest absolute Gasteiger partial charge is 0.183 e. The largest absolute Gasteiger partial charge is 0.497 e. The highest BCUT2D eigenvalue weighted by Gasteiger charge is 2.15. The van der Waals surface area contributed by atoms with Crippen LogP contribution in [0.25, 0.3) is 5.65 Å². The summed E-state index contributed by atoms with van der Waals surface area (Å²) in [4.78, 5) is 4.65. The molecule has 0 amide bonds. The highest BCUT2D eigenvalue weighted by atomic mass is 16.5. The van der Waals surface area contributed by atoms with E-state index in [9.17, 15) is 0 Å². The first-order valence-corrected chi connectivity index (χ1v) is 7.74. The van der Waals surface area contributed by atoms with Gasteiger partial charge in [-0.25, -0.2) is 4.98 Å². The molecule has 6 nitrogen and oxygen atoms in total. The van der Waals surface area contributed by atoms with Gasteiger partial charge < -0.3 is 9.47 Å². The number of fused-ring (bicyclic) bond motifs is 1. The maximum Gasteiger partial charge on any atom is 0.183 e. The van der Waals surface area contributed by atoms with Gasteiger partial charge in [0.25, 0.3) is 0 Å². The number of hydrogen-bond acceptors (Lipinski definition) is 5. The average molecular weight is 324 g/mol. The van der Waals surface area contributed by atoms with Gasteiger partial charge in [-0.15, -0.1) is 10.2 Å². The Labute approximate surface area is 140 Å². The monoisotopic (exact) mass is 324 g/mol. The van der Waals surface area contributed by atoms with Gasteiger partial charge in [-0.3, -0.25) is 4.40 Å². The Balaban J connectivity index is 2.09. The Morgan fingerprint density at radius 3 is 2.58 bits per heavy atom. The first-order valence-electron chi connectivity index (χ1n) is 7.74. The SMILES string of the molecule is COc1ccc(OC)c(N=Nc2c(C(C)C)nc3ccccn23)c1. The summed E-state index contributed by atoms with van der Waals surface area (Å²) in [6.45, 7) is 4.18. The van der Waals surface area contributed by atoms with Gasteiger partial charge in [0.2, 0.25) is 0 Å². The number of imidazole rings is 1. The Morgan fingerprint density at radius 2 is 1.88 bits per heavy atom. The number of nitrogens with zero attached hydrogens (tertiary/aromatic N) is 4. The second kappa shape index (κ2) is 6.70. The first kappa shape index (κ1) is 16.0. The Kier molecular flexibility index (Phi) is 4.46. The fourth-order valence-corrected chi connectivity index (χ4v) is 2.46. The fourth-order valence-electron chi connectivity index (χ4n) is 2.46. The van der Waals surface area contributed by atoms with Crippen molar-refractivity contribution in [2.24, 2.45) is 10.2 Å². The molecule has 0 atom stereocenters. The molecule has 2 aromatic heterocycles. The lowest BCUT2D eigenvalue weighted by Crippen LogP contribution is -1.88. The van der Waals surface area contributed by atoms with Gasteiger partial charge in [-0.2, -0.15) is 0 Å².